The summed E-state index contributed by atoms with van der Waals surface area (Å²) in [6.45, 7) is 4.41. The summed E-state index contributed by atoms with van der Waals surface area (Å²) in [5.74, 6) is 1.13. The zero-order valence-electron chi connectivity index (χ0n) is 10.5. The van der Waals surface area contributed by atoms with Gasteiger partial charge in [-0.15, -0.1) is 0 Å². The van der Waals surface area contributed by atoms with Crippen molar-refractivity contribution in [2.24, 2.45) is 5.92 Å². The van der Waals surface area contributed by atoms with Gasteiger partial charge in [0.25, 0.3) is 0 Å². The minimum absolute atomic E-state index is 0.198. The lowest BCUT2D eigenvalue weighted by molar-refractivity contribution is 0.340. The highest BCUT2D eigenvalue weighted by Gasteiger charge is 2.22. The molecule has 1 rings (SSSR count). The molecule has 4 heteroatoms. The Kier molecular flexibility index (Phi) is 5.19. The van der Waals surface area contributed by atoms with Crippen LogP contribution >= 0.6 is 0 Å². The standard InChI is InChI=1S/C12H21N3O/c1-5-6-9(2)10(13-3)11-12(16-4)15-8-7-14-11/h7-10,13H,5-6H2,1-4H3. The number of hydrogen-bond acceptors (Lipinski definition) is 4. The molecule has 1 heterocycles. The fourth-order valence-electron chi connectivity index (χ4n) is 2.02. The van der Waals surface area contributed by atoms with Crippen molar-refractivity contribution < 1.29 is 4.74 Å². The Morgan fingerprint density at radius 2 is 2.06 bits per heavy atom. The summed E-state index contributed by atoms with van der Waals surface area (Å²) in [5.41, 5.74) is 0.897. The molecule has 1 aromatic heterocycles. The van der Waals surface area contributed by atoms with E-state index in [4.69, 9.17) is 4.74 Å². The summed E-state index contributed by atoms with van der Waals surface area (Å²) in [4.78, 5) is 8.56. The molecule has 0 bridgehead atoms. The molecule has 0 saturated carbocycles. The van der Waals surface area contributed by atoms with E-state index in [2.05, 4.69) is 29.1 Å². The van der Waals surface area contributed by atoms with Crippen molar-refractivity contribution in [2.75, 3.05) is 14.2 Å². The third-order valence-electron chi connectivity index (χ3n) is 2.80. The first-order chi connectivity index (χ1) is 7.74. The molecule has 0 aromatic carbocycles. The highest BCUT2D eigenvalue weighted by molar-refractivity contribution is 5.21. The molecular formula is C12H21N3O. The molecule has 0 radical (unpaired) electrons. The molecule has 0 aliphatic heterocycles. The van der Waals surface area contributed by atoms with Gasteiger partial charge in [-0.3, -0.25) is 4.98 Å². The summed E-state index contributed by atoms with van der Waals surface area (Å²) >= 11 is 0. The van der Waals surface area contributed by atoms with Gasteiger partial charge < -0.3 is 10.1 Å². The van der Waals surface area contributed by atoms with Crippen LogP contribution in [0.5, 0.6) is 5.88 Å². The van der Waals surface area contributed by atoms with Crippen molar-refractivity contribution in [3.05, 3.63) is 18.1 Å². The van der Waals surface area contributed by atoms with Gasteiger partial charge >= 0.3 is 0 Å². The quantitative estimate of drug-likeness (QED) is 0.803. The van der Waals surface area contributed by atoms with Crippen molar-refractivity contribution in [2.45, 2.75) is 32.7 Å². The molecule has 16 heavy (non-hydrogen) atoms. The number of ether oxygens (including phenoxy) is 1. The van der Waals surface area contributed by atoms with Gasteiger partial charge in [0, 0.05) is 12.4 Å². The summed E-state index contributed by atoms with van der Waals surface area (Å²) in [5, 5.41) is 3.30. The molecule has 90 valence electrons. The highest BCUT2D eigenvalue weighted by atomic mass is 16.5. The Balaban J connectivity index is 2.93. The average molecular weight is 223 g/mol. The largest absolute Gasteiger partial charge is 0.480 e. The monoisotopic (exact) mass is 223 g/mol. The van der Waals surface area contributed by atoms with E-state index in [-0.39, 0.29) is 6.04 Å². The Morgan fingerprint density at radius 1 is 1.38 bits per heavy atom. The Morgan fingerprint density at radius 3 is 2.62 bits per heavy atom. The van der Waals surface area contributed by atoms with Crippen molar-refractivity contribution >= 4 is 0 Å². The first-order valence-corrected chi connectivity index (χ1v) is 5.76. The first kappa shape index (κ1) is 12.9. The fraction of sp³-hybridized carbons (Fsp3) is 0.667. The summed E-state index contributed by atoms with van der Waals surface area (Å²) < 4.78 is 5.24. The topological polar surface area (TPSA) is 47.0 Å². The molecular weight excluding hydrogens is 202 g/mol. The van der Waals surface area contributed by atoms with Crippen LogP contribution in [0.25, 0.3) is 0 Å². The maximum atomic E-state index is 5.24. The van der Waals surface area contributed by atoms with E-state index in [1.54, 1.807) is 19.5 Å². The normalized spacial score (nSPS) is 14.5. The third-order valence-corrected chi connectivity index (χ3v) is 2.80. The van der Waals surface area contributed by atoms with Gasteiger partial charge in [0.2, 0.25) is 5.88 Å². The van der Waals surface area contributed by atoms with Gasteiger partial charge in [0.1, 0.15) is 5.69 Å². The van der Waals surface area contributed by atoms with Crippen molar-refractivity contribution in [1.29, 1.82) is 0 Å². The Labute approximate surface area is 97.5 Å². The second-order valence-electron chi connectivity index (χ2n) is 3.98. The van der Waals surface area contributed by atoms with Gasteiger partial charge in [0.05, 0.1) is 13.2 Å². The molecule has 0 spiro atoms. The zero-order valence-corrected chi connectivity index (χ0v) is 10.5. The first-order valence-electron chi connectivity index (χ1n) is 5.76. The van der Waals surface area contributed by atoms with E-state index in [1.807, 2.05) is 7.05 Å². The van der Waals surface area contributed by atoms with E-state index >= 15 is 0 Å². The number of aromatic nitrogens is 2. The molecule has 0 amide bonds. The predicted molar refractivity (Wildman–Crippen MR) is 64.5 cm³/mol. The molecule has 1 N–H and O–H groups in total. The number of nitrogens with one attached hydrogen (secondary N) is 1. The van der Waals surface area contributed by atoms with Crippen LogP contribution in [-0.4, -0.2) is 24.1 Å². The van der Waals surface area contributed by atoms with Crippen LogP contribution in [0.2, 0.25) is 0 Å². The van der Waals surface area contributed by atoms with Crippen LogP contribution in [0.4, 0.5) is 0 Å². The summed E-state index contributed by atoms with van der Waals surface area (Å²) in [6.07, 6.45) is 5.69. The van der Waals surface area contributed by atoms with E-state index in [1.165, 1.54) is 6.42 Å². The van der Waals surface area contributed by atoms with Crippen LogP contribution in [0.15, 0.2) is 12.4 Å². The Bertz CT molecular complexity index is 317. The van der Waals surface area contributed by atoms with E-state index in [0.29, 0.717) is 11.8 Å². The third kappa shape index (κ3) is 2.92. The van der Waals surface area contributed by atoms with Crippen LogP contribution in [0, 0.1) is 5.92 Å². The molecule has 4 nitrogen and oxygen atoms in total. The van der Waals surface area contributed by atoms with Gasteiger partial charge in [-0.2, -0.15) is 0 Å². The van der Waals surface area contributed by atoms with Gasteiger partial charge in [-0.25, -0.2) is 4.98 Å². The SMILES string of the molecule is CCCC(C)C(NC)c1nccnc1OC. The highest BCUT2D eigenvalue weighted by Crippen LogP contribution is 2.28. The lowest BCUT2D eigenvalue weighted by atomic mass is 9.94. The van der Waals surface area contributed by atoms with Crippen LogP contribution < -0.4 is 10.1 Å². The lowest BCUT2D eigenvalue weighted by Crippen LogP contribution is -2.25. The molecule has 0 aliphatic carbocycles. The fourth-order valence-corrected chi connectivity index (χ4v) is 2.02. The minimum Gasteiger partial charge on any atom is -0.480 e. The van der Waals surface area contributed by atoms with Crippen molar-refractivity contribution in [3.8, 4) is 5.88 Å². The summed E-state index contributed by atoms with van der Waals surface area (Å²) in [6, 6.07) is 0.198. The molecule has 0 aliphatic rings. The predicted octanol–water partition coefficient (Wildman–Crippen LogP) is 2.18. The molecule has 2 unspecified atom stereocenters. The van der Waals surface area contributed by atoms with Gasteiger partial charge in [-0.05, 0) is 19.4 Å². The van der Waals surface area contributed by atoms with Crippen LogP contribution in [-0.2, 0) is 0 Å². The zero-order chi connectivity index (χ0) is 12.0. The van der Waals surface area contributed by atoms with Gasteiger partial charge in [0.15, 0.2) is 0 Å². The van der Waals surface area contributed by atoms with Crippen molar-refractivity contribution in [3.63, 3.8) is 0 Å². The molecule has 2 atom stereocenters. The minimum atomic E-state index is 0.198. The summed E-state index contributed by atoms with van der Waals surface area (Å²) in [7, 11) is 3.58. The Hall–Kier alpha value is -1.16. The lowest BCUT2D eigenvalue weighted by Gasteiger charge is -2.23. The van der Waals surface area contributed by atoms with E-state index in [9.17, 15) is 0 Å². The van der Waals surface area contributed by atoms with Crippen LogP contribution in [0.3, 0.4) is 0 Å². The molecule has 0 saturated heterocycles. The number of rotatable bonds is 6. The smallest absolute Gasteiger partial charge is 0.237 e. The van der Waals surface area contributed by atoms with Crippen molar-refractivity contribution in [1.82, 2.24) is 15.3 Å². The second-order valence-corrected chi connectivity index (χ2v) is 3.98. The molecule has 1 aromatic rings. The van der Waals surface area contributed by atoms with E-state index in [0.717, 1.165) is 12.1 Å². The van der Waals surface area contributed by atoms with Crippen LogP contribution in [0.1, 0.15) is 38.4 Å². The maximum absolute atomic E-state index is 5.24. The molecule has 0 fully saturated rings. The number of nitrogens with zero attached hydrogens (tertiary/aromatic N) is 2. The number of methoxy groups -OCH3 is 1. The maximum Gasteiger partial charge on any atom is 0.237 e. The second kappa shape index (κ2) is 6.43. The average Bonchev–Trinajstić information content (AvgIpc) is 2.31. The van der Waals surface area contributed by atoms with Gasteiger partial charge in [-0.1, -0.05) is 20.3 Å². The van der Waals surface area contributed by atoms with E-state index < -0.39 is 0 Å². The number of hydrogen-bond donors (Lipinski definition) is 1.